The van der Waals surface area contributed by atoms with Crippen LogP contribution < -0.4 is 0 Å². The Kier molecular flexibility index (Phi) is 4.11. The maximum atomic E-state index is 12.0. The summed E-state index contributed by atoms with van der Waals surface area (Å²) in [7, 11) is 0. The molecule has 2 aliphatic rings. The van der Waals surface area contributed by atoms with E-state index < -0.39 is 23.5 Å². The molecule has 1 heterocycles. The van der Waals surface area contributed by atoms with Gasteiger partial charge in [0.15, 0.2) is 11.4 Å². The van der Waals surface area contributed by atoms with Crippen molar-refractivity contribution in [2.24, 2.45) is 0 Å². The SMILES string of the molecule is CC1(O)C(=O)C2=COC(C=CC=CC(=O)O)CC2=CC1O. The molecule has 0 spiro atoms. The zero-order valence-corrected chi connectivity index (χ0v) is 11.4. The molecule has 0 bridgehead atoms. The molecule has 0 aromatic heterocycles. The first-order valence-corrected chi connectivity index (χ1v) is 6.42. The third kappa shape index (κ3) is 3.12. The van der Waals surface area contributed by atoms with Gasteiger partial charge in [-0.15, -0.1) is 0 Å². The van der Waals surface area contributed by atoms with Crippen molar-refractivity contribution in [2.75, 3.05) is 0 Å². The Morgan fingerprint density at radius 2 is 2.19 bits per heavy atom. The second-order valence-electron chi connectivity index (χ2n) is 5.11. The van der Waals surface area contributed by atoms with Crippen molar-refractivity contribution in [2.45, 2.75) is 31.2 Å². The third-order valence-corrected chi connectivity index (χ3v) is 3.44. The van der Waals surface area contributed by atoms with Gasteiger partial charge in [-0.1, -0.05) is 12.2 Å². The lowest BCUT2D eigenvalue weighted by Crippen LogP contribution is -2.50. The van der Waals surface area contributed by atoms with Crippen LogP contribution in [0.2, 0.25) is 0 Å². The van der Waals surface area contributed by atoms with E-state index >= 15 is 0 Å². The van der Waals surface area contributed by atoms with Gasteiger partial charge in [0.05, 0.1) is 11.8 Å². The van der Waals surface area contributed by atoms with Crippen LogP contribution in [0.1, 0.15) is 13.3 Å². The zero-order valence-electron chi connectivity index (χ0n) is 11.4. The van der Waals surface area contributed by atoms with Crippen molar-refractivity contribution in [3.8, 4) is 0 Å². The molecular weight excluding hydrogens is 276 g/mol. The first-order chi connectivity index (χ1) is 9.82. The fourth-order valence-electron chi connectivity index (χ4n) is 2.16. The largest absolute Gasteiger partial charge is 0.493 e. The van der Waals surface area contributed by atoms with Crippen LogP contribution in [-0.4, -0.2) is 44.9 Å². The lowest BCUT2D eigenvalue weighted by atomic mass is 9.78. The molecule has 0 aromatic carbocycles. The average Bonchev–Trinajstić information content (AvgIpc) is 2.41. The summed E-state index contributed by atoms with van der Waals surface area (Å²) in [6.45, 7) is 1.26. The number of ether oxygens (including phenoxy) is 1. The average molecular weight is 292 g/mol. The highest BCUT2D eigenvalue weighted by molar-refractivity contribution is 6.06. The summed E-state index contributed by atoms with van der Waals surface area (Å²) in [4.78, 5) is 22.4. The van der Waals surface area contributed by atoms with Gasteiger partial charge in [0.2, 0.25) is 0 Å². The zero-order chi connectivity index (χ0) is 15.6. The molecule has 0 saturated carbocycles. The lowest BCUT2D eigenvalue weighted by Gasteiger charge is -2.35. The number of carboxylic acid groups (broad SMARTS) is 1. The van der Waals surface area contributed by atoms with E-state index in [1.807, 2.05) is 0 Å². The molecule has 0 radical (unpaired) electrons. The second kappa shape index (κ2) is 5.67. The summed E-state index contributed by atoms with van der Waals surface area (Å²) in [5, 5.41) is 28.2. The summed E-state index contributed by atoms with van der Waals surface area (Å²) in [5.41, 5.74) is -0.968. The molecule has 0 fully saturated rings. The van der Waals surface area contributed by atoms with E-state index in [1.54, 1.807) is 6.08 Å². The van der Waals surface area contributed by atoms with Crippen LogP contribution in [0.15, 0.2) is 47.8 Å². The molecule has 112 valence electrons. The minimum atomic E-state index is -1.84. The van der Waals surface area contributed by atoms with Gasteiger partial charge in [0.25, 0.3) is 0 Å². The standard InChI is InChI=1S/C15H16O6/c1-15(20)12(16)7-9-6-10(4-2-3-5-13(17)18)21-8-11(9)14(15)19/h2-5,7-8,10,12,16,20H,6H2,1H3,(H,17,18). The van der Waals surface area contributed by atoms with Crippen molar-refractivity contribution in [3.63, 3.8) is 0 Å². The molecule has 0 aromatic rings. The van der Waals surface area contributed by atoms with E-state index in [2.05, 4.69) is 0 Å². The third-order valence-electron chi connectivity index (χ3n) is 3.44. The fourth-order valence-corrected chi connectivity index (χ4v) is 2.16. The first kappa shape index (κ1) is 15.2. The smallest absolute Gasteiger partial charge is 0.328 e. The second-order valence-corrected chi connectivity index (χ2v) is 5.11. The molecule has 3 atom stereocenters. The topological polar surface area (TPSA) is 104 Å². The van der Waals surface area contributed by atoms with Crippen LogP contribution in [-0.2, 0) is 14.3 Å². The minimum absolute atomic E-state index is 0.260. The van der Waals surface area contributed by atoms with Crippen LogP contribution in [0.5, 0.6) is 0 Å². The van der Waals surface area contributed by atoms with Gasteiger partial charge >= 0.3 is 5.97 Å². The predicted octanol–water partition coefficient (Wildman–Crippen LogP) is 0.477. The van der Waals surface area contributed by atoms with Gasteiger partial charge in [-0.25, -0.2) is 4.79 Å². The Balaban J connectivity index is 2.13. The van der Waals surface area contributed by atoms with Gasteiger partial charge < -0.3 is 20.1 Å². The van der Waals surface area contributed by atoms with Crippen LogP contribution in [0.25, 0.3) is 0 Å². The van der Waals surface area contributed by atoms with E-state index in [0.717, 1.165) is 6.08 Å². The molecule has 3 unspecified atom stereocenters. The van der Waals surface area contributed by atoms with Crippen molar-refractivity contribution in [3.05, 3.63) is 47.8 Å². The van der Waals surface area contributed by atoms with Gasteiger partial charge in [0.1, 0.15) is 12.2 Å². The van der Waals surface area contributed by atoms with Gasteiger partial charge in [0, 0.05) is 12.5 Å². The Bertz CT molecular complexity index is 579. The molecule has 0 amide bonds. The Morgan fingerprint density at radius 3 is 2.86 bits per heavy atom. The molecule has 3 N–H and O–H groups in total. The highest BCUT2D eigenvalue weighted by Gasteiger charge is 2.45. The monoisotopic (exact) mass is 292 g/mol. The quantitative estimate of drug-likeness (QED) is 0.516. The van der Waals surface area contributed by atoms with E-state index in [1.165, 1.54) is 31.4 Å². The number of aliphatic carboxylic acids is 1. The fraction of sp³-hybridized carbons (Fsp3) is 0.333. The van der Waals surface area contributed by atoms with E-state index in [-0.39, 0.29) is 11.7 Å². The molecule has 2 rings (SSSR count). The van der Waals surface area contributed by atoms with Gasteiger partial charge in [-0.05, 0) is 24.6 Å². The molecule has 1 aliphatic carbocycles. The number of carboxylic acids is 1. The number of carbonyl (C=O) groups is 2. The number of rotatable bonds is 3. The van der Waals surface area contributed by atoms with Gasteiger partial charge in [-0.2, -0.15) is 0 Å². The van der Waals surface area contributed by atoms with E-state index in [4.69, 9.17) is 9.84 Å². The predicted molar refractivity (Wildman–Crippen MR) is 73.2 cm³/mol. The minimum Gasteiger partial charge on any atom is -0.493 e. The number of hydrogen-bond acceptors (Lipinski definition) is 5. The number of hydrogen-bond donors (Lipinski definition) is 3. The lowest BCUT2D eigenvalue weighted by molar-refractivity contribution is -0.141. The van der Waals surface area contributed by atoms with Gasteiger partial charge in [-0.3, -0.25) is 4.79 Å². The highest BCUT2D eigenvalue weighted by atomic mass is 16.5. The molecule has 21 heavy (non-hydrogen) atoms. The van der Waals surface area contributed by atoms with Crippen LogP contribution >= 0.6 is 0 Å². The molecule has 6 nitrogen and oxygen atoms in total. The Labute approximate surface area is 121 Å². The molecular formula is C15H16O6. The number of Topliss-reactive ketones (excluding diaryl/α,β-unsaturated/α-hetero) is 1. The number of allylic oxidation sites excluding steroid dienone is 2. The maximum Gasteiger partial charge on any atom is 0.328 e. The molecule has 0 saturated heterocycles. The Hall–Kier alpha value is -2.18. The summed E-state index contributed by atoms with van der Waals surface area (Å²) in [6, 6.07) is 0. The number of aliphatic hydroxyl groups excluding tert-OH is 1. The summed E-state index contributed by atoms with van der Waals surface area (Å²) in [6.07, 6.45) is 7.01. The number of fused-ring (bicyclic) bond motifs is 1. The molecule has 6 heteroatoms. The van der Waals surface area contributed by atoms with Crippen molar-refractivity contribution in [1.82, 2.24) is 0 Å². The number of ketones is 1. The van der Waals surface area contributed by atoms with Crippen LogP contribution in [0.4, 0.5) is 0 Å². The molecule has 1 aliphatic heterocycles. The van der Waals surface area contributed by atoms with Crippen molar-refractivity contribution in [1.29, 1.82) is 0 Å². The summed E-state index contributed by atoms with van der Waals surface area (Å²) in [5.74, 6) is -1.61. The number of aliphatic hydroxyl groups is 2. The van der Waals surface area contributed by atoms with Crippen molar-refractivity contribution < 1.29 is 29.6 Å². The maximum absolute atomic E-state index is 12.0. The van der Waals surface area contributed by atoms with Crippen molar-refractivity contribution >= 4 is 11.8 Å². The van der Waals surface area contributed by atoms with Crippen LogP contribution in [0.3, 0.4) is 0 Å². The van der Waals surface area contributed by atoms with E-state index in [9.17, 15) is 19.8 Å². The Morgan fingerprint density at radius 1 is 1.48 bits per heavy atom. The summed E-state index contributed by atoms with van der Waals surface area (Å²) >= 11 is 0. The highest BCUT2D eigenvalue weighted by Crippen LogP contribution is 2.34. The van der Waals surface area contributed by atoms with E-state index in [0.29, 0.717) is 12.0 Å². The normalized spacial score (nSPS) is 32.6. The first-order valence-electron chi connectivity index (χ1n) is 6.42. The summed E-state index contributed by atoms with van der Waals surface area (Å²) < 4.78 is 5.37. The number of carbonyl (C=O) groups excluding carboxylic acids is 1. The van der Waals surface area contributed by atoms with Crippen LogP contribution in [0, 0.1) is 0 Å².